The van der Waals surface area contributed by atoms with Crippen molar-refractivity contribution in [3.05, 3.63) is 0 Å². The zero-order valence-corrected chi connectivity index (χ0v) is 6.93. The van der Waals surface area contributed by atoms with Crippen LogP contribution in [-0.4, -0.2) is 24.5 Å². The monoisotopic (exact) mass is 158 g/mol. The lowest BCUT2D eigenvalue weighted by Gasteiger charge is -2.23. The third kappa shape index (κ3) is 5.39. The summed E-state index contributed by atoms with van der Waals surface area (Å²) in [7, 11) is 0. The van der Waals surface area contributed by atoms with Gasteiger partial charge in [0.1, 0.15) is 5.60 Å². The Morgan fingerprint density at radius 3 is 2.55 bits per heavy atom. The summed E-state index contributed by atoms with van der Waals surface area (Å²) < 4.78 is 4.86. The largest absolute Gasteiger partial charge is 0.458 e. The van der Waals surface area contributed by atoms with Crippen molar-refractivity contribution in [3.8, 4) is 0 Å². The van der Waals surface area contributed by atoms with Gasteiger partial charge in [-0.05, 0) is 13.8 Å². The number of ether oxygens (including phenoxy) is 1. The molecule has 0 aromatic carbocycles. The molecule has 1 radical (unpaired) electrons. The van der Waals surface area contributed by atoms with Crippen molar-refractivity contribution in [3.63, 3.8) is 0 Å². The van der Waals surface area contributed by atoms with E-state index in [9.17, 15) is 9.59 Å². The second kappa shape index (κ2) is 3.95. The Kier molecular flexibility index (Phi) is 3.57. The van der Waals surface area contributed by atoms with Crippen LogP contribution in [0.15, 0.2) is 0 Å². The molecule has 0 spiro atoms. The van der Waals surface area contributed by atoms with Crippen LogP contribution in [0.4, 0.5) is 0 Å². The van der Waals surface area contributed by atoms with Crippen LogP contribution in [0.25, 0.3) is 0 Å². The molecule has 0 unspecified atom stereocenters. The Hall–Kier alpha value is -1.06. The van der Waals surface area contributed by atoms with Crippen LogP contribution in [0.2, 0.25) is 0 Å². The molecule has 0 aromatic rings. The van der Waals surface area contributed by atoms with E-state index in [1.54, 1.807) is 13.8 Å². The topological polar surface area (TPSA) is 55.4 Å². The normalized spacial score (nSPS) is 10.5. The highest BCUT2D eigenvalue weighted by Crippen LogP contribution is 2.06. The molecule has 0 rings (SSSR count). The summed E-state index contributed by atoms with van der Waals surface area (Å²) in [6, 6.07) is 0. The summed E-state index contributed by atoms with van der Waals surface area (Å²) in [5.41, 5.74) is -0.650. The van der Waals surface area contributed by atoms with Crippen molar-refractivity contribution in [1.82, 2.24) is 5.32 Å². The molecule has 0 aliphatic carbocycles. The van der Waals surface area contributed by atoms with Crippen LogP contribution < -0.4 is 5.32 Å². The third-order valence-electron chi connectivity index (χ3n) is 1.01. The Morgan fingerprint density at radius 2 is 2.18 bits per heavy atom. The highest BCUT2D eigenvalue weighted by Gasteiger charge is 2.20. The number of carbonyl (C=O) groups excluding carboxylic acids is 2. The predicted octanol–water partition coefficient (Wildman–Crippen LogP) is -0.0151. The van der Waals surface area contributed by atoms with Crippen molar-refractivity contribution in [1.29, 1.82) is 0 Å². The summed E-state index contributed by atoms with van der Waals surface area (Å²) in [6.07, 6.45) is 1.51. The van der Waals surface area contributed by atoms with Crippen LogP contribution in [0.1, 0.15) is 20.8 Å². The molecule has 11 heavy (non-hydrogen) atoms. The van der Waals surface area contributed by atoms with Crippen molar-refractivity contribution < 1.29 is 14.3 Å². The van der Waals surface area contributed by atoms with Gasteiger partial charge in [-0.3, -0.25) is 9.59 Å². The first-order chi connectivity index (χ1) is 4.98. The second-order valence-corrected chi connectivity index (χ2v) is 2.81. The van der Waals surface area contributed by atoms with Gasteiger partial charge in [-0.1, -0.05) is 0 Å². The molecule has 63 valence electrons. The summed E-state index contributed by atoms with van der Waals surface area (Å²) >= 11 is 0. The quantitative estimate of drug-likeness (QED) is 0.462. The second-order valence-electron chi connectivity index (χ2n) is 2.81. The van der Waals surface area contributed by atoms with Gasteiger partial charge in [0.15, 0.2) is 0 Å². The van der Waals surface area contributed by atoms with Gasteiger partial charge in [-0.25, -0.2) is 0 Å². The molecule has 0 aliphatic heterocycles. The van der Waals surface area contributed by atoms with Crippen molar-refractivity contribution in [2.45, 2.75) is 26.4 Å². The van der Waals surface area contributed by atoms with E-state index >= 15 is 0 Å². The average Bonchev–Trinajstić information content (AvgIpc) is 1.81. The first-order valence-electron chi connectivity index (χ1n) is 3.27. The van der Waals surface area contributed by atoms with E-state index in [0.717, 1.165) is 0 Å². The average molecular weight is 158 g/mol. The standard InChI is InChI=1S/C7H12NO3/c1-6(10)11-7(2,3)4-8-5-9/h4H2,1-3H3,(H,8,9). The lowest BCUT2D eigenvalue weighted by atomic mass is 10.1. The van der Waals surface area contributed by atoms with Gasteiger partial charge in [0.05, 0.1) is 6.54 Å². The van der Waals surface area contributed by atoms with Crippen LogP contribution in [0, 0.1) is 0 Å². The minimum Gasteiger partial charge on any atom is -0.458 e. The first-order valence-corrected chi connectivity index (χ1v) is 3.27. The Balaban J connectivity index is 3.78. The SMILES string of the molecule is CC(=O)OC(C)(C)CN[C]=O. The number of amides is 1. The molecule has 1 amide bonds. The van der Waals surface area contributed by atoms with E-state index < -0.39 is 5.60 Å². The highest BCUT2D eigenvalue weighted by molar-refractivity contribution is 5.66. The molecular formula is C7H12NO3. The molecule has 0 heterocycles. The van der Waals surface area contributed by atoms with Crippen LogP contribution in [0.3, 0.4) is 0 Å². The molecule has 0 saturated heterocycles. The molecule has 1 N–H and O–H groups in total. The Morgan fingerprint density at radius 1 is 1.64 bits per heavy atom. The summed E-state index contributed by atoms with van der Waals surface area (Å²) in [6.45, 7) is 5.01. The summed E-state index contributed by atoms with van der Waals surface area (Å²) in [5.74, 6) is -0.359. The number of esters is 1. The van der Waals surface area contributed by atoms with E-state index in [0.29, 0.717) is 0 Å². The molecule has 0 atom stereocenters. The molecule has 0 bridgehead atoms. The maximum atomic E-state index is 10.5. The minimum atomic E-state index is -0.650. The van der Waals surface area contributed by atoms with Gasteiger partial charge >= 0.3 is 12.4 Å². The zero-order chi connectivity index (χ0) is 8.91. The minimum absolute atomic E-state index is 0.274. The van der Waals surface area contributed by atoms with Crippen molar-refractivity contribution in [2.75, 3.05) is 6.54 Å². The van der Waals surface area contributed by atoms with E-state index in [-0.39, 0.29) is 12.5 Å². The third-order valence-corrected chi connectivity index (χ3v) is 1.01. The molecule has 4 nitrogen and oxygen atoms in total. The van der Waals surface area contributed by atoms with Crippen LogP contribution >= 0.6 is 0 Å². The van der Waals surface area contributed by atoms with E-state index in [4.69, 9.17) is 4.74 Å². The molecular weight excluding hydrogens is 146 g/mol. The molecule has 0 aromatic heterocycles. The fourth-order valence-corrected chi connectivity index (χ4v) is 0.674. The smallest absolute Gasteiger partial charge is 0.309 e. The van der Waals surface area contributed by atoms with Crippen LogP contribution in [-0.2, 0) is 14.3 Å². The van der Waals surface area contributed by atoms with Gasteiger partial charge in [-0.15, -0.1) is 0 Å². The van der Waals surface area contributed by atoms with Crippen LogP contribution in [0.5, 0.6) is 0 Å². The lowest BCUT2D eigenvalue weighted by Crippen LogP contribution is -2.38. The van der Waals surface area contributed by atoms with E-state index in [1.165, 1.54) is 13.3 Å². The van der Waals surface area contributed by atoms with E-state index in [1.807, 2.05) is 0 Å². The zero-order valence-electron chi connectivity index (χ0n) is 6.93. The molecule has 4 heteroatoms. The number of carbonyl (C=O) groups is 1. The van der Waals surface area contributed by atoms with Gasteiger partial charge in [0.2, 0.25) is 0 Å². The lowest BCUT2D eigenvalue weighted by molar-refractivity contribution is -0.152. The molecule has 0 saturated carbocycles. The number of hydrogen-bond donors (Lipinski definition) is 1. The van der Waals surface area contributed by atoms with Crippen molar-refractivity contribution >= 4 is 12.4 Å². The molecule has 0 aliphatic rings. The van der Waals surface area contributed by atoms with Gasteiger partial charge < -0.3 is 10.1 Å². The number of rotatable bonds is 4. The van der Waals surface area contributed by atoms with Gasteiger partial charge in [-0.2, -0.15) is 0 Å². The Bertz CT molecular complexity index is 154. The maximum Gasteiger partial charge on any atom is 0.309 e. The summed E-state index contributed by atoms with van der Waals surface area (Å²) in [5, 5.41) is 2.31. The van der Waals surface area contributed by atoms with Crippen molar-refractivity contribution in [2.24, 2.45) is 0 Å². The molecule has 0 fully saturated rings. The summed E-state index contributed by atoms with van der Waals surface area (Å²) in [4.78, 5) is 20.2. The first kappa shape index (κ1) is 9.94. The predicted molar refractivity (Wildman–Crippen MR) is 39.5 cm³/mol. The Labute approximate surface area is 65.9 Å². The van der Waals surface area contributed by atoms with Gasteiger partial charge in [0, 0.05) is 6.92 Å². The maximum absolute atomic E-state index is 10.5. The number of nitrogens with one attached hydrogen (secondary N) is 1. The van der Waals surface area contributed by atoms with E-state index in [2.05, 4.69) is 5.32 Å². The fraction of sp³-hybridized carbons (Fsp3) is 0.714. The fourth-order valence-electron chi connectivity index (χ4n) is 0.674. The highest BCUT2D eigenvalue weighted by atomic mass is 16.6. The van der Waals surface area contributed by atoms with Gasteiger partial charge in [0.25, 0.3) is 0 Å². The number of hydrogen-bond acceptors (Lipinski definition) is 3.